The Bertz CT molecular complexity index is 1180. The number of nitrogens with one attached hydrogen (secondary N) is 1. The maximum atomic E-state index is 13.7. The van der Waals surface area contributed by atoms with Gasteiger partial charge in [0.05, 0.1) is 10.7 Å². The van der Waals surface area contributed by atoms with Crippen molar-refractivity contribution in [2.75, 3.05) is 43.4 Å². The Labute approximate surface area is 204 Å². The molecule has 1 aromatic carbocycles. The average Bonchev–Trinajstić information content (AvgIpc) is 3.26. The van der Waals surface area contributed by atoms with E-state index in [0.717, 1.165) is 36.8 Å². The lowest BCUT2D eigenvalue weighted by Gasteiger charge is -2.35. The number of rotatable bonds is 6. The van der Waals surface area contributed by atoms with Crippen LogP contribution in [0.3, 0.4) is 0 Å². The molecule has 4 rings (SSSR count). The normalized spacial score (nSPS) is 14.4. The Hall–Kier alpha value is -3.10. The maximum Gasteiger partial charge on any atom is 0.292 e. The van der Waals surface area contributed by atoms with Crippen molar-refractivity contribution in [2.45, 2.75) is 32.1 Å². The van der Waals surface area contributed by atoms with Gasteiger partial charge in [0.2, 0.25) is 5.91 Å². The molecule has 1 aliphatic carbocycles. The first-order valence-electron chi connectivity index (χ1n) is 11.4. The van der Waals surface area contributed by atoms with Crippen molar-refractivity contribution in [3.63, 3.8) is 0 Å². The zero-order valence-electron chi connectivity index (χ0n) is 20.0. The number of carbonyl (C=O) groups excluding carboxylic acids is 2. The van der Waals surface area contributed by atoms with E-state index in [-0.39, 0.29) is 17.6 Å². The standard InChI is InChI=1S/C25H30ClN5O3/c1-29(2)19-12-10-17-14-20(24(32)28-21-13-11-18(26)15-27-21)34-23(17)22(19)31(30(3)4)25(33)16-8-6-5-7-9-16/h10-16H,5-9H2,1-4H3,(H,27,28,32). The molecule has 0 saturated heterocycles. The van der Waals surface area contributed by atoms with Gasteiger partial charge >= 0.3 is 0 Å². The van der Waals surface area contributed by atoms with Gasteiger partial charge in [0.15, 0.2) is 11.3 Å². The summed E-state index contributed by atoms with van der Waals surface area (Å²) in [5.74, 6) is 0.0840. The average molecular weight is 484 g/mol. The lowest BCUT2D eigenvalue weighted by molar-refractivity contribution is -0.125. The second-order valence-corrected chi connectivity index (χ2v) is 9.44. The smallest absolute Gasteiger partial charge is 0.292 e. The number of furan rings is 1. The molecule has 2 heterocycles. The SMILES string of the molecule is CN(C)c1ccc2cc(C(=O)Nc3ccc(Cl)cn3)oc2c1N(C(=O)C1CCCCC1)N(C)C. The summed E-state index contributed by atoms with van der Waals surface area (Å²) in [6, 6.07) is 8.79. The molecule has 0 aliphatic heterocycles. The maximum absolute atomic E-state index is 13.7. The quantitative estimate of drug-likeness (QED) is 0.486. The van der Waals surface area contributed by atoms with Crippen LogP contribution in [0.5, 0.6) is 0 Å². The van der Waals surface area contributed by atoms with Crippen LogP contribution < -0.4 is 15.2 Å². The second kappa shape index (κ2) is 10.0. The molecular formula is C25H30ClN5O3. The Balaban J connectivity index is 1.76. The number of hydrogen-bond acceptors (Lipinski definition) is 6. The number of hydrazine groups is 1. The third kappa shape index (κ3) is 4.88. The second-order valence-electron chi connectivity index (χ2n) is 9.00. The summed E-state index contributed by atoms with van der Waals surface area (Å²) < 4.78 is 6.10. The first-order chi connectivity index (χ1) is 16.3. The van der Waals surface area contributed by atoms with Crippen molar-refractivity contribution in [1.82, 2.24) is 9.99 Å². The molecule has 0 atom stereocenters. The van der Waals surface area contributed by atoms with Crippen molar-refractivity contribution in [2.24, 2.45) is 5.92 Å². The van der Waals surface area contributed by atoms with Crippen LogP contribution >= 0.6 is 11.6 Å². The fraction of sp³-hybridized carbons (Fsp3) is 0.400. The van der Waals surface area contributed by atoms with E-state index in [1.54, 1.807) is 28.2 Å². The van der Waals surface area contributed by atoms with Crippen molar-refractivity contribution in [3.05, 3.63) is 47.3 Å². The van der Waals surface area contributed by atoms with Crippen LogP contribution in [0, 0.1) is 5.92 Å². The zero-order chi connectivity index (χ0) is 24.4. The zero-order valence-corrected chi connectivity index (χ0v) is 20.7. The van der Waals surface area contributed by atoms with Crippen LogP contribution in [0.25, 0.3) is 11.0 Å². The minimum Gasteiger partial charge on any atom is -0.449 e. The van der Waals surface area contributed by atoms with Gasteiger partial charge in [-0.3, -0.25) is 9.59 Å². The molecule has 3 aromatic rings. The van der Waals surface area contributed by atoms with Crippen LogP contribution in [-0.4, -0.2) is 50.0 Å². The molecule has 2 aromatic heterocycles. The molecule has 34 heavy (non-hydrogen) atoms. The van der Waals surface area contributed by atoms with E-state index < -0.39 is 5.91 Å². The number of carbonyl (C=O) groups is 2. The minimum absolute atomic E-state index is 0.0323. The molecule has 1 N–H and O–H groups in total. The highest BCUT2D eigenvalue weighted by molar-refractivity contribution is 6.30. The predicted molar refractivity (Wildman–Crippen MR) is 135 cm³/mol. The third-order valence-corrected chi connectivity index (χ3v) is 6.31. The molecule has 9 heteroatoms. The predicted octanol–water partition coefficient (Wildman–Crippen LogP) is 5.19. The molecular weight excluding hydrogens is 454 g/mol. The number of halogens is 1. The molecule has 1 saturated carbocycles. The Morgan fingerprint density at radius 3 is 2.41 bits per heavy atom. The van der Waals surface area contributed by atoms with E-state index in [4.69, 9.17) is 16.0 Å². The molecule has 1 aliphatic rings. The number of anilines is 3. The third-order valence-electron chi connectivity index (χ3n) is 6.09. The Morgan fingerprint density at radius 1 is 1.06 bits per heavy atom. The summed E-state index contributed by atoms with van der Waals surface area (Å²) >= 11 is 5.88. The van der Waals surface area contributed by atoms with Gasteiger partial charge in [-0.15, -0.1) is 0 Å². The Morgan fingerprint density at radius 2 is 1.79 bits per heavy atom. The number of hydrogen-bond donors (Lipinski definition) is 1. The number of benzene rings is 1. The van der Waals surface area contributed by atoms with Gasteiger partial charge in [-0.1, -0.05) is 30.9 Å². The molecule has 0 radical (unpaired) electrons. The van der Waals surface area contributed by atoms with E-state index >= 15 is 0 Å². The van der Waals surface area contributed by atoms with Crippen molar-refractivity contribution in [1.29, 1.82) is 0 Å². The van der Waals surface area contributed by atoms with Gasteiger partial charge in [-0.2, -0.15) is 0 Å². The van der Waals surface area contributed by atoms with E-state index in [1.165, 1.54) is 12.6 Å². The van der Waals surface area contributed by atoms with Gasteiger partial charge in [-0.25, -0.2) is 15.0 Å². The van der Waals surface area contributed by atoms with Crippen LogP contribution in [0.1, 0.15) is 42.7 Å². The number of pyridine rings is 1. The van der Waals surface area contributed by atoms with Crippen LogP contribution in [0.2, 0.25) is 5.02 Å². The van der Waals surface area contributed by atoms with Crippen molar-refractivity contribution in [3.8, 4) is 0 Å². The molecule has 8 nitrogen and oxygen atoms in total. The monoisotopic (exact) mass is 483 g/mol. The molecule has 0 bridgehead atoms. The highest BCUT2D eigenvalue weighted by Gasteiger charge is 2.32. The van der Waals surface area contributed by atoms with E-state index in [0.29, 0.717) is 22.1 Å². The molecule has 2 amide bonds. The minimum atomic E-state index is -0.432. The van der Waals surface area contributed by atoms with Gasteiger partial charge in [-0.05, 0) is 43.2 Å². The summed E-state index contributed by atoms with van der Waals surface area (Å²) in [5, 5.41) is 7.43. The number of amides is 2. The topological polar surface area (TPSA) is 81.9 Å². The van der Waals surface area contributed by atoms with Crippen molar-refractivity contribution >= 4 is 51.6 Å². The van der Waals surface area contributed by atoms with Gasteiger partial charge < -0.3 is 14.6 Å². The van der Waals surface area contributed by atoms with Crippen LogP contribution in [0.4, 0.5) is 17.2 Å². The molecule has 0 unspecified atom stereocenters. The number of nitrogens with zero attached hydrogens (tertiary/aromatic N) is 4. The van der Waals surface area contributed by atoms with E-state index in [1.807, 2.05) is 45.2 Å². The molecule has 1 fully saturated rings. The Kier molecular flexibility index (Phi) is 7.09. The number of aromatic nitrogens is 1. The fourth-order valence-electron chi connectivity index (χ4n) is 4.41. The van der Waals surface area contributed by atoms with Gasteiger partial charge in [0.25, 0.3) is 5.91 Å². The summed E-state index contributed by atoms with van der Waals surface area (Å²) in [4.78, 5) is 32.6. The highest BCUT2D eigenvalue weighted by Crippen LogP contribution is 2.40. The summed E-state index contributed by atoms with van der Waals surface area (Å²) in [6.07, 6.45) is 6.53. The summed E-state index contributed by atoms with van der Waals surface area (Å²) in [6.45, 7) is 0. The van der Waals surface area contributed by atoms with Gasteiger partial charge in [0, 0.05) is 45.7 Å². The molecule has 0 spiro atoms. The lowest BCUT2D eigenvalue weighted by Crippen LogP contribution is -2.46. The first kappa shape index (κ1) is 24.0. The van der Waals surface area contributed by atoms with Crippen LogP contribution in [0.15, 0.2) is 40.9 Å². The lowest BCUT2D eigenvalue weighted by atomic mass is 9.88. The first-order valence-corrected chi connectivity index (χ1v) is 11.8. The summed E-state index contributed by atoms with van der Waals surface area (Å²) in [5.41, 5.74) is 1.94. The summed E-state index contributed by atoms with van der Waals surface area (Å²) in [7, 11) is 7.54. The van der Waals surface area contributed by atoms with E-state index in [2.05, 4.69) is 10.3 Å². The highest BCUT2D eigenvalue weighted by atomic mass is 35.5. The van der Waals surface area contributed by atoms with Crippen molar-refractivity contribution < 1.29 is 14.0 Å². The van der Waals surface area contributed by atoms with E-state index in [9.17, 15) is 9.59 Å². The fourth-order valence-corrected chi connectivity index (χ4v) is 4.52. The largest absolute Gasteiger partial charge is 0.449 e. The number of fused-ring (bicyclic) bond motifs is 1. The van der Waals surface area contributed by atoms with Crippen LogP contribution in [-0.2, 0) is 4.79 Å². The van der Waals surface area contributed by atoms with Gasteiger partial charge in [0.1, 0.15) is 11.5 Å². The molecule has 180 valence electrons.